The summed E-state index contributed by atoms with van der Waals surface area (Å²) < 4.78 is 29.8. The van der Waals surface area contributed by atoms with Gasteiger partial charge in [0.1, 0.15) is 18.3 Å². The number of nitrogens with one attached hydrogen (secondary N) is 1. The number of furan rings is 1. The van der Waals surface area contributed by atoms with Gasteiger partial charge in [0, 0.05) is 36.7 Å². The molecule has 0 bridgehead atoms. The first-order chi connectivity index (χ1) is 21.7. The van der Waals surface area contributed by atoms with Gasteiger partial charge in [0.05, 0.1) is 12.7 Å². The van der Waals surface area contributed by atoms with Crippen molar-refractivity contribution in [2.24, 2.45) is 35.3 Å². The van der Waals surface area contributed by atoms with Crippen LogP contribution in [0.3, 0.4) is 0 Å². The van der Waals surface area contributed by atoms with Gasteiger partial charge in [-0.25, -0.2) is 9.18 Å². The maximum Gasteiger partial charge on any atom is 0.374 e. The number of ether oxygens (including phenoxy) is 2. The molecule has 0 radical (unpaired) electrons. The molecule has 2 aliphatic carbocycles. The van der Waals surface area contributed by atoms with Gasteiger partial charge in [-0.2, -0.15) is 0 Å². The number of anilines is 1. The molecular weight excluding hydrogens is 577 g/mol. The molecule has 5 rings (SSSR count). The smallest absolute Gasteiger partial charge is 0.374 e. The van der Waals surface area contributed by atoms with Gasteiger partial charge in [0.2, 0.25) is 17.6 Å². The number of likely N-dealkylation sites (tertiary alicyclic amines) is 1. The molecule has 3 N–H and O–H groups in total. The highest BCUT2D eigenvalue weighted by atomic mass is 19.1. The summed E-state index contributed by atoms with van der Waals surface area (Å²) in [6.45, 7) is 4.47. The Bertz CT molecular complexity index is 1310. The second kappa shape index (κ2) is 15.1. The second-order valence-electron chi connectivity index (χ2n) is 13.8. The van der Waals surface area contributed by atoms with Crippen LogP contribution in [0.5, 0.6) is 0 Å². The van der Waals surface area contributed by atoms with Gasteiger partial charge in [-0.05, 0) is 112 Å². The topological polar surface area (TPSA) is 124 Å². The third-order valence-corrected chi connectivity index (χ3v) is 10.5. The first-order valence-electron chi connectivity index (χ1n) is 16.8. The van der Waals surface area contributed by atoms with Crippen LogP contribution in [0, 0.1) is 29.6 Å². The number of nitrogens with zero attached hydrogens (tertiary/aromatic N) is 1. The zero-order valence-electron chi connectivity index (χ0n) is 27.0. The molecule has 3 fully saturated rings. The number of rotatable bonds is 11. The zero-order chi connectivity index (χ0) is 32.1. The number of esters is 1. The summed E-state index contributed by atoms with van der Waals surface area (Å²) in [7, 11) is 1.75. The van der Waals surface area contributed by atoms with Crippen LogP contribution < -0.4 is 11.1 Å². The molecule has 2 aromatic rings. The lowest BCUT2D eigenvalue weighted by Crippen LogP contribution is -2.50. The van der Waals surface area contributed by atoms with Crippen LogP contribution in [-0.2, 0) is 19.1 Å². The number of hydrogen-bond donors (Lipinski definition) is 2. The normalized spacial score (nSPS) is 27.9. The summed E-state index contributed by atoms with van der Waals surface area (Å²) in [4.78, 5) is 42.4. The molecule has 2 saturated carbocycles. The van der Waals surface area contributed by atoms with Crippen molar-refractivity contribution in [3.05, 3.63) is 30.0 Å². The third kappa shape index (κ3) is 7.88. The fourth-order valence-electron chi connectivity index (χ4n) is 7.70. The van der Waals surface area contributed by atoms with Crippen molar-refractivity contribution >= 4 is 34.4 Å². The van der Waals surface area contributed by atoms with E-state index in [1.807, 2.05) is 4.90 Å². The molecule has 9 nitrogen and oxygen atoms in total. The highest BCUT2D eigenvalue weighted by Gasteiger charge is 2.47. The van der Waals surface area contributed by atoms with Gasteiger partial charge in [0.25, 0.3) is 0 Å². The molecule has 1 aliphatic heterocycles. The molecule has 1 saturated heterocycles. The van der Waals surface area contributed by atoms with Gasteiger partial charge < -0.3 is 29.8 Å². The van der Waals surface area contributed by atoms with Gasteiger partial charge in [-0.3, -0.25) is 9.59 Å². The Morgan fingerprint density at radius 3 is 2.44 bits per heavy atom. The molecule has 3 aliphatic rings. The number of nitrogens with two attached hydrogens (primary N) is 1. The summed E-state index contributed by atoms with van der Waals surface area (Å²) in [5.74, 6) is 0.199. The Labute approximate surface area is 265 Å². The predicted molar refractivity (Wildman–Crippen MR) is 170 cm³/mol. The first-order valence-corrected chi connectivity index (χ1v) is 16.8. The Morgan fingerprint density at radius 2 is 1.78 bits per heavy atom. The van der Waals surface area contributed by atoms with E-state index in [0.717, 1.165) is 51.4 Å². The molecule has 2 heterocycles. The van der Waals surface area contributed by atoms with Crippen LogP contribution in [0.15, 0.2) is 28.7 Å². The molecule has 0 spiro atoms. The Kier molecular flexibility index (Phi) is 11.2. The maximum absolute atomic E-state index is 14.1. The minimum Gasteiger partial charge on any atom is -0.460 e. The summed E-state index contributed by atoms with van der Waals surface area (Å²) in [5.41, 5.74) is 7.07. The van der Waals surface area contributed by atoms with Crippen molar-refractivity contribution in [3.63, 3.8) is 0 Å². The second-order valence-corrected chi connectivity index (χ2v) is 13.8. The highest BCUT2D eigenvalue weighted by Crippen LogP contribution is 2.42. The van der Waals surface area contributed by atoms with E-state index in [9.17, 15) is 18.8 Å². The number of hydrogen-bond acceptors (Lipinski definition) is 7. The monoisotopic (exact) mass is 627 g/mol. The number of alkyl halides is 1. The van der Waals surface area contributed by atoms with E-state index in [4.69, 9.17) is 19.6 Å². The lowest BCUT2D eigenvalue weighted by molar-refractivity contribution is -0.142. The lowest BCUT2D eigenvalue weighted by atomic mass is 9.75. The van der Waals surface area contributed by atoms with E-state index in [0.29, 0.717) is 54.5 Å². The van der Waals surface area contributed by atoms with Crippen molar-refractivity contribution in [2.75, 3.05) is 32.3 Å². The van der Waals surface area contributed by atoms with Gasteiger partial charge >= 0.3 is 5.97 Å². The van der Waals surface area contributed by atoms with E-state index in [-0.39, 0.29) is 41.4 Å². The minimum atomic E-state index is -0.570. The fourth-order valence-corrected chi connectivity index (χ4v) is 7.70. The number of halogens is 1. The van der Waals surface area contributed by atoms with E-state index in [1.165, 1.54) is 0 Å². The molecular formula is C35H50FN3O6. The van der Waals surface area contributed by atoms with E-state index in [1.54, 1.807) is 31.4 Å². The summed E-state index contributed by atoms with van der Waals surface area (Å²) >= 11 is 0. The minimum absolute atomic E-state index is 0.0291. The summed E-state index contributed by atoms with van der Waals surface area (Å²) in [5, 5.41) is 3.78. The van der Waals surface area contributed by atoms with Crippen LogP contribution in [0.2, 0.25) is 0 Å². The fraction of sp³-hybridized carbons (Fsp3) is 0.686. The van der Waals surface area contributed by atoms with Crippen LogP contribution in [0.25, 0.3) is 11.0 Å². The number of fused-ring (bicyclic) bond motifs is 1. The molecule has 0 unspecified atom stereocenters. The molecule has 248 valence electrons. The average Bonchev–Trinajstić information content (AvgIpc) is 3.69. The Morgan fingerprint density at radius 1 is 1.04 bits per heavy atom. The van der Waals surface area contributed by atoms with Gasteiger partial charge in [0.15, 0.2) is 0 Å². The van der Waals surface area contributed by atoms with Crippen molar-refractivity contribution in [1.82, 2.24) is 4.90 Å². The van der Waals surface area contributed by atoms with E-state index in [2.05, 4.69) is 19.2 Å². The molecule has 2 amide bonds. The van der Waals surface area contributed by atoms with Crippen molar-refractivity contribution < 1.29 is 32.7 Å². The average molecular weight is 628 g/mol. The highest BCUT2D eigenvalue weighted by molar-refractivity contribution is 6.00. The van der Waals surface area contributed by atoms with Crippen LogP contribution in [0.1, 0.15) is 88.6 Å². The van der Waals surface area contributed by atoms with Crippen molar-refractivity contribution in [2.45, 2.75) is 96.2 Å². The predicted octanol–water partition coefficient (Wildman–Crippen LogP) is 6.10. The molecule has 10 heteroatoms. The summed E-state index contributed by atoms with van der Waals surface area (Å²) in [6, 6.07) is 5.87. The first kappa shape index (κ1) is 33.4. The number of benzene rings is 1. The number of amides is 2. The van der Waals surface area contributed by atoms with Crippen molar-refractivity contribution in [1.29, 1.82) is 0 Å². The molecule has 1 aromatic heterocycles. The molecule has 3 atom stereocenters. The third-order valence-electron chi connectivity index (χ3n) is 10.5. The number of carbonyl (C=O) groups excluding carboxylic acids is 3. The number of methoxy groups -OCH3 is 1. The van der Waals surface area contributed by atoms with Crippen LogP contribution in [-0.4, -0.2) is 67.8 Å². The maximum atomic E-state index is 14.1. The zero-order valence-corrected chi connectivity index (χ0v) is 27.0. The quantitative estimate of drug-likeness (QED) is 0.289. The van der Waals surface area contributed by atoms with Crippen LogP contribution >= 0.6 is 0 Å². The molecule has 45 heavy (non-hydrogen) atoms. The van der Waals surface area contributed by atoms with Gasteiger partial charge in [-0.1, -0.05) is 13.8 Å². The largest absolute Gasteiger partial charge is 0.460 e. The van der Waals surface area contributed by atoms with Crippen LogP contribution in [0.4, 0.5) is 10.1 Å². The summed E-state index contributed by atoms with van der Waals surface area (Å²) in [6.07, 6.45) is 8.47. The van der Waals surface area contributed by atoms with Crippen molar-refractivity contribution in [3.8, 4) is 0 Å². The Balaban J connectivity index is 1.30. The SMILES string of the molecule is COC1CCC([C@@H]2CCN(C(=O)[C@H]3CC[C@H]([C@H](N)CF)CC3)[C@@H]2C(=O)Nc2ccc3oc(C(=O)OCCC(C)C)cc3c2)CC1. The lowest BCUT2D eigenvalue weighted by Gasteiger charge is -2.37. The standard InChI is InChI=1S/C35H50FN3O6/c1-21(2)15-17-44-35(42)31-19-25-18-26(10-13-30(25)45-31)38-33(40)32-28(22-8-11-27(43-3)12-9-22)14-16-39(32)34(41)24-6-4-23(5-7-24)29(37)20-36/h10,13,18-19,21-24,27-29,32H,4-9,11-12,14-17,20,37H2,1-3H3,(H,38,40)/t22?,23-,24-,27?,28-,29+,32-/m0/s1. The van der Waals surface area contributed by atoms with E-state index < -0.39 is 24.7 Å². The van der Waals surface area contributed by atoms with Gasteiger partial charge in [-0.15, -0.1) is 0 Å². The van der Waals surface area contributed by atoms with E-state index >= 15 is 0 Å². The number of carbonyl (C=O) groups is 3. The Hall–Kier alpha value is -2.98. The molecule has 1 aromatic carbocycles.